The van der Waals surface area contributed by atoms with Crippen LogP contribution >= 0.6 is 27.5 Å². The molecule has 2 rings (SSSR count). The van der Waals surface area contributed by atoms with E-state index in [1.54, 1.807) is 0 Å². The number of hydrogen-bond acceptors (Lipinski definition) is 3. The first-order valence-corrected chi connectivity index (χ1v) is 7.98. The Morgan fingerprint density at radius 2 is 1.90 bits per heavy atom. The maximum Gasteiger partial charge on any atom is 0.262 e. The van der Waals surface area contributed by atoms with E-state index in [-0.39, 0.29) is 15.6 Å². The largest absolute Gasteiger partial charge is 0.398 e. The molecule has 0 saturated carbocycles. The summed E-state index contributed by atoms with van der Waals surface area (Å²) in [5.74, 6) is -0.754. The zero-order valence-corrected chi connectivity index (χ0v) is 13.1. The lowest BCUT2D eigenvalue weighted by molar-refractivity contribution is 0.598. The Morgan fingerprint density at radius 1 is 1.20 bits per heavy atom. The van der Waals surface area contributed by atoms with Crippen LogP contribution in [0.5, 0.6) is 0 Å². The van der Waals surface area contributed by atoms with Crippen LogP contribution in [0.15, 0.2) is 45.8 Å². The Labute approximate surface area is 128 Å². The SMILES string of the molecule is Nc1ccc(S(=O)(=O)Nc2ccc(Cl)cc2F)cc1Br. The van der Waals surface area contributed by atoms with Gasteiger partial charge in [-0.15, -0.1) is 0 Å². The lowest BCUT2D eigenvalue weighted by Gasteiger charge is -2.10. The molecule has 0 spiro atoms. The summed E-state index contributed by atoms with van der Waals surface area (Å²) in [6.07, 6.45) is 0. The van der Waals surface area contributed by atoms with Crippen LogP contribution in [0, 0.1) is 5.82 Å². The topological polar surface area (TPSA) is 72.2 Å². The number of hydrogen-bond donors (Lipinski definition) is 2. The molecule has 0 atom stereocenters. The van der Waals surface area contributed by atoms with E-state index in [0.717, 1.165) is 6.07 Å². The van der Waals surface area contributed by atoms with Crippen molar-refractivity contribution in [1.82, 2.24) is 0 Å². The summed E-state index contributed by atoms with van der Waals surface area (Å²) in [6, 6.07) is 7.78. The molecule has 2 aromatic carbocycles. The van der Waals surface area contributed by atoms with E-state index >= 15 is 0 Å². The monoisotopic (exact) mass is 378 g/mol. The fourth-order valence-electron chi connectivity index (χ4n) is 1.45. The maximum atomic E-state index is 13.6. The molecule has 0 aliphatic heterocycles. The number of nitrogens with two attached hydrogens (primary N) is 1. The summed E-state index contributed by atoms with van der Waals surface area (Å²) in [4.78, 5) is -0.0343. The third-order valence-corrected chi connectivity index (χ3v) is 4.74. The number of sulfonamides is 1. The second-order valence-electron chi connectivity index (χ2n) is 3.91. The van der Waals surface area contributed by atoms with Gasteiger partial charge in [-0.25, -0.2) is 12.8 Å². The molecule has 20 heavy (non-hydrogen) atoms. The molecule has 0 saturated heterocycles. The minimum absolute atomic E-state index is 0.0343. The number of benzene rings is 2. The Morgan fingerprint density at radius 3 is 2.50 bits per heavy atom. The van der Waals surface area contributed by atoms with E-state index in [1.807, 2.05) is 0 Å². The maximum absolute atomic E-state index is 13.6. The van der Waals surface area contributed by atoms with Gasteiger partial charge >= 0.3 is 0 Å². The number of nitrogen functional groups attached to an aromatic ring is 1. The summed E-state index contributed by atoms with van der Waals surface area (Å²) in [5, 5.41) is 0.181. The molecule has 0 aliphatic rings. The van der Waals surface area contributed by atoms with Crippen LogP contribution < -0.4 is 10.5 Å². The predicted molar refractivity (Wildman–Crippen MR) is 80.8 cm³/mol. The normalized spacial score (nSPS) is 11.3. The highest BCUT2D eigenvalue weighted by atomic mass is 79.9. The van der Waals surface area contributed by atoms with E-state index in [4.69, 9.17) is 17.3 Å². The minimum atomic E-state index is -3.91. The van der Waals surface area contributed by atoms with Gasteiger partial charge in [-0.2, -0.15) is 0 Å². The molecule has 0 unspecified atom stereocenters. The Balaban J connectivity index is 2.38. The molecule has 0 aliphatic carbocycles. The summed E-state index contributed by atoms with van der Waals surface area (Å²) >= 11 is 8.75. The number of nitrogens with one attached hydrogen (secondary N) is 1. The molecular weight excluding hydrogens is 371 g/mol. The van der Waals surface area contributed by atoms with E-state index in [0.29, 0.717) is 10.2 Å². The second kappa shape index (κ2) is 5.59. The van der Waals surface area contributed by atoms with Gasteiger partial charge in [0.15, 0.2) is 0 Å². The number of halogens is 3. The highest BCUT2D eigenvalue weighted by Gasteiger charge is 2.17. The molecule has 0 fully saturated rings. The van der Waals surface area contributed by atoms with Crippen molar-refractivity contribution in [2.24, 2.45) is 0 Å². The number of rotatable bonds is 3. The van der Waals surface area contributed by atoms with Gasteiger partial charge in [-0.1, -0.05) is 11.6 Å². The second-order valence-corrected chi connectivity index (χ2v) is 6.89. The zero-order chi connectivity index (χ0) is 14.9. The average molecular weight is 380 g/mol. The Bertz CT molecular complexity index is 768. The van der Waals surface area contributed by atoms with Crippen LogP contribution in [0.1, 0.15) is 0 Å². The fourth-order valence-corrected chi connectivity index (χ4v) is 3.23. The minimum Gasteiger partial charge on any atom is -0.398 e. The van der Waals surface area contributed by atoms with E-state index in [1.165, 1.54) is 30.3 Å². The average Bonchev–Trinajstić information content (AvgIpc) is 2.36. The molecule has 4 nitrogen and oxygen atoms in total. The first-order valence-electron chi connectivity index (χ1n) is 5.32. The molecule has 0 radical (unpaired) electrons. The molecule has 106 valence electrons. The predicted octanol–water partition coefficient (Wildman–Crippen LogP) is 3.62. The van der Waals surface area contributed by atoms with E-state index in [2.05, 4.69) is 20.7 Å². The quantitative estimate of drug-likeness (QED) is 0.800. The summed E-state index contributed by atoms with van der Waals surface area (Å²) < 4.78 is 40.5. The zero-order valence-electron chi connectivity index (χ0n) is 9.90. The van der Waals surface area contributed by atoms with Crippen molar-refractivity contribution in [3.63, 3.8) is 0 Å². The first kappa shape index (κ1) is 15.1. The van der Waals surface area contributed by atoms with Gasteiger partial charge in [0, 0.05) is 15.2 Å². The van der Waals surface area contributed by atoms with Crippen LogP contribution in [0.4, 0.5) is 15.8 Å². The molecule has 0 bridgehead atoms. The third kappa shape index (κ3) is 3.23. The van der Waals surface area contributed by atoms with Crippen molar-refractivity contribution in [2.45, 2.75) is 4.90 Å². The highest BCUT2D eigenvalue weighted by Crippen LogP contribution is 2.26. The van der Waals surface area contributed by atoms with Crippen molar-refractivity contribution >= 4 is 48.9 Å². The summed E-state index contributed by atoms with van der Waals surface area (Å²) in [7, 11) is -3.91. The molecule has 0 amide bonds. The lowest BCUT2D eigenvalue weighted by Crippen LogP contribution is -2.14. The molecule has 8 heteroatoms. The van der Waals surface area contributed by atoms with E-state index in [9.17, 15) is 12.8 Å². The van der Waals surface area contributed by atoms with Crippen LogP contribution in [-0.2, 0) is 10.0 Å². The molecular formula is C12H9BrClFN2O2S. The van der Waals surface area contributed by atoms with Crippen molar-refractivity contribution in [3.05, 3.63) is 51.7 Å². The third-order valence-electron chi connectivity index (χ3n) is 2.46. The van der Waals surface area contributed by atoms with Gasteiger partial charge in [-0.3, -0.25) is 4.72 Å². The van der Waals surface area contributed by atoms with Crippen LogP contribution in [-0.4, -0.2) is 8.42 Å². The fraction of sp³-hybridized carbons (Fsp3) is 0. The van der Waals surface area contributed by atoms with Crippen molar-refractivity contribution in [3.8, 4) is 0 Å². The molecule has 3 N–H and O–H groups in total. The van der Waals surface area contributed by atoms with Gasteiger partial charge in [0.05, 0.1) is 10.6 Å². The van der Waals surface area contributed by atoms with Gasteiger partial charge in [-0.05, 0) is 52.3 Å². The summed E-state index contributed by atoms with van der Waals surface area (Å²) in [6.45, 7) is 0. The van der Waals surface area contributed by atoms with Crippen LogP contribution in [0.25, 0.3) is 0 Å². The van der Waals surface area contributed by atoms with Gasteiger partial charge in [0.25, 0.3) is 10.0 Å². The highest BCUT2D eigenvalue weighted by molar-refractivity contribution is 9.10. The van der Waals surface area contributed by atoms with Gasteiger partial charge in [0.1, 0.15) is 5.82 Å². The standard InChI is InChI=1S/C12H9BrClFN2O2S/c13-9-6-8(2-3-11(9)16)20(18,19)17-12-4-1-7(14)5-10(12)15/h1-6,17H,16H2. The van der Waals surface area contributed by atoms with Crippen molar-refractivity contribution < 1.29 is 12.8 Å². The van der Waals surface area contributed by atoms with Crippen molar-refractivity contribution in [2.75, 3.05) is 10.5 Å². The van der Waals surface area contributed by atoms with Crippen LogP contribution in [0.3, 0.4) is 0 Å². The van der Waals surface area contributed by atoms with E-state index < -0.39 is 15.8 Å². The Hall–Kier alpha value is -1.31. The molecule has 2 aromatic rings. The van der Waals surface area contributed by atoms with Gasteiger partial charge in [0.2, 0.25) is 0 Å². The number of anilines is 2. The van der Waals surface area contributed by atoms with Crippen LogP contribution in [0.2, 0.25) is 5.02 Å². The summed E-state index contributed by atoms with van der Waals surface area (Å²) in [5.41, 5.74) is 5.81. The lowest BCUT2D eigenvalue weighted by atomic mass is 10.3. The van der Waals surface area contributed by atoms with Gasteiger partial charge < -0.3 is 5.73 Å². The Kier molecular flexibility index (Phi) is 4.22. The smallest absolute Gasteiger partial charge is 0.262 e. The molecule has 0 heterocycles. The molecule has 0 aromatic heterocycles. The van der Waals surface area contributed by atoms with Crippen molar-refractivity contribution in [1.29, 1.82) is 0 Å². The first-order chi connectivity index (χ1) is 9.29.